The van der Waals surface area contributed by atoms with Gasteiger partial charge in [0.05, 0.1) is 12.1 Å². The summed E-state index contributed by atoms with van der Waals surface area (Å²) in [5, 5.41) is 7.81. The molecule has 1 aliphatic rings. The number of hydrogen-bond donors (Lipinski definition) is 0. The molecule has 140 valence electrons. The Hall–Kier alpha value is -3.09. The normalized spacial score (nSPS) is 15.4. The lowest BCUT2D eigenvalue weighted by molar-refractivity contribution is -0.144. The van der Waals surface area contributed by atoms with Crippen molar-refractivity contribution in [3.63, 3.8) is 0 Å². The lowest BCUT2D eigenvalue weighted by Gasteiger charge is -2.03. The molecule has 1 aliphatic heterocycles. The molecule has 1 unspecified atom stereocenters. The number of hydrogen-bond acceptors (Lipinski definition) is 7. The van der Waals surface area contributed by atoms with Gasteiger partial charge in [0, 0.05) is 23.6 Å². The standard InChI is InChI=1S/C20H20N2O5/c1-11-6-14-4-5-15(7-18(14)25-11)19-8-16(22-27-19)10-24-20(23)9-17-12(2)21-26-13(17)3/h4-5,7-8,11H,6,9-10H2,1-3H3. The predicted molar refractivity (Wildman–Crippen MR) is 95.2 cm³/mol. The number of aryl methyl sites for hydroxylation is 2. The highest BCUT2D eigenvalue weighted by molar-refractivity contribution is 5.73. The summed E-state index contributed by atoms with van der Waals surface area (Å²) in [5.74, 6) is 1.75. The zero-order valence-corrected chi connectivity index (χ0v) is 15.4. The van der Waals surface area contributed by atoms with Gasteiger partial charge in [-0.25, -0.2) is 0 Å². The van der Waals surface area contributed by atoms with Gasteiger partial charge in [-0.3, -0.25) is 4.79 Å². The van der Waals surface area contributed by atoms with E-state index < -0.39 is 0 Å². The molecule has 27 heavy (non-hydrogen) atoms. The third-order valence-corrected chi connectivity index (χ3v) is 4.63. The quantitative estimate of drug-likeness (QED) is 0.636. The summed E-state index contributed by atoms with van der Waals surface area (Å²) in [6.45, 7) is 5.66. The molecule has 1 atom stereocenters. The number of ether oxygens (including phenoxy) is 2. The number of fused-ring (bicyclic) bond motifs is 1. The van der Waals surface area contributed by atoms with Gasteiger partial charge in [-0.05, 0) is 32.4 Å². The van der Waals surface area contributed by atoms with Crippen molar-refractivity contribution in [2.75, 3.05) is 0 Å². The minimum atomic E-state index is -0.367. The lowest BCUT2D eigenvalue weighted by Crippen LogP contribution is -2.09. The van der Waals surface area contributed by atoms with Crippen LogP contribution in [0.2, 0.25) is 0 Å². The van der Waals surface area contributed by atoms with Crippen molar-refractivity contribution in [3.8, 4) is 17.1 Å². The molecule has 0 bridgehead atoms. The molecule has 3 heterocycles. The molecule has 0 saturated carbocycles. The Kier molecular flexibility index (Phi) is 4.43. The minimum Gasteiger partial charge on any atom is -0.490 e. The van der Waals surface area contributed by atoms with Crippen LogP contribution in [0.4, 0.5) is 0 Å². The molecule has 0 N–H and O–H groups in total. The first-order chi connectivity index (χ1) is 13.0. The average Bonchev–Trinajstić information content (AvgIpc) is 3.33. The second-order valence-corrected chi connectivity index (χ2v) is 6.78. The fourth-order valence-electron chi connectivity index (χ4n) is 3.17. The monoisotopic (exact) mass is 368 g/mol. The summed E-state index contributed by atoms with van der Waals surface area (Å²) < 4.78 is 21.5. The second kappa shape index (κ2) is 6.90. The Balaban J connectivity index is 1.39. The summed E-state index contributed by atoms with van der Waals surface area (Å²) in [6, 6.07) is 7.74. The van der Waals surface area contributed by atoms with Crippen molar-refractivity contribution >= 4 is 5.97 Å². The van der Waals surface area contributed by atoms with Crippen molar-refractivity contribution in [2.24, 2.45) is 0 Å². The number of benzene rings is 1. The molecule has 1 aromatic carbocycles. The second-order valence-electron chi connectivity index (χ2n) is 6.78. The SMILES string of the molecule is Cc1noc(C)c1CC(=O)OCc1cc(-c2ccc3c(c2)OC(C)C3)on1. The van der Waals surface area contributed by atoms with E-state index in [2.05, 4.69) is 10.3 Å². The first-order valence-electron chi connectivity index (χ1n) is 8.82. The Labute approximate surface area is 156 Å². The maximum Gasteiger partial charge on any atom is 0.310 e. The van der Waals surface area contributed by atoms with Gasteiger partial charge in [-0.2, -0.15) is 0 Å². The molecule has 2 aromatic heterocycles. The molecular formula is C20H20N2O5. The van der Waals surface area contributed by atoms with Crippen LogP contribution in [0.1, 0.15) is 35.2 Å². The fourth-order valence-corrected chi connectivity index (χ4v) is 3.17. The Morgan fingerprint density at radius 2 is 2.07 bits per heavy atom. The summed E-state index contributed by atoms with van der Waals surface area (Å²) >= 11 is 0. The Morgan fingerprint density at radius 1 is 1.22 bits per heavy atom. The summed E-state index contributed by atoms with van der Waals surface area (Å²) in [6.07, 6.45) is 1.22. The molecule has 0 spiro atoms. The van der Waals surface area contributed by atoms with Crippen molar-refractivity contribution in [2.45, 2.75) is 46.3 Å². The number of esters is 1. The molecule has 0 aliphatic carbocycles. The fraction of sp³-hybridized carbons (Fsp3) is 0.350. The molecule has 0 fully saturated rings. The first-order valence-corrected chi connectivity index (χ1v) is 8.82. The predicted octanol–water partition coefficient (Wildman–Crippen LogP) is 3.56. The number of carbonyl (C=O) groups is 1. The average molecular weight is 368 g/mol. The van der Waals surface area contributed by atoms with Crippen LogP contribution in [-0.4, -0.2) is 22.4 Å². The molecule has 7 heteroatoms. The van der Waals surface area contributed by atoms with Crippen molar-refractivity contribution in [1.29, 1.82) is 0 Å². The van der Waals surface area contributed by atoms with Crippen LogP contribution >= 0.6 is 0 Å². The summed E-state index contributed by atoms with van der Waals surface area (Å²) in [4.78, 5) is 12.1. The van der Waals surface area contributed by atoms with Gasteiger partial charge in [0.1, 0.15) is 29.9 Å². The van der Waals surface area contributed by atoms with Gasteiger partial charge in [0.2, 0.25) is 0 Å². The van der Waals surface area contributed by atoms with E-state index >= 15 is 0 Å². The van der Waals surface area contributed by atoms with Gasteiger partial charge in [-0.15, -0.1) is 0 Å². The summed E-state index contributed by atoms with van der Waals surface area (Å²) in [7, 11) is 0. The zero-order valence-electron chi connectivity index (χ0n) is 15.4. The lowest BCUT2D eigenvalue weighted by atomic mass is 10.1. The molecular weight excluding hydrogens is 348 g/mol. The van der Waals surface area contributed by atoms with Crippen LogP contribution in [0, 0.1) is 13.8 Å². The number of nitrogens with zero attached hydrogens (tertiary/aromatic N) is 2. The zero-order chi connectivity index (χ0) is 19.0. The maximum absolute atomic E-state index is 12.1. The number of rotatable bonds is 5. The van der Waals surface area contributed by atoms with Crippen LogP contribution < -0.4 is 4.74 Å². The Bertz CT molecular complexity index is 969. The highest BCUT2D eigenvalue weighted by Gasteiger charge is 2.20. The molecule has 0 radical (unpaired) electrons. The van der Waals surface area contributed by atoms with E-state index in [9.17, 15) is 4.79 Å². The topological polar surface area (TPSA) is 87.6 Å². The number of aromatic nitrogens is 2. The van der Waals surface area contributed by atoms with Gasteiger partial charge in [0.25, 0.3) is 0 Å². The van der Waals surface area contributed by atoms with Crippen LogP contribution in [0.15, 0.2) is 33.3 Å². The molecule has 0 saturated heterocycles. The largest absolute Gasteiger partial charge is 0.490 e. The summed E-state index contributed by atoms with van der Waals surface area (Å²) in [5.41, 5.74) is 4.07. The van der Waals surface area contributed by atoms with Crippen LogP contribution in [0.25, 0.3) is 11.3 Å². The van der Waals surface area contributed by atoms with Crippen molar-refractivity contribution in [1.82, 2.24) is 10.3 Å². The van der Waals surface area contributed by atoms with Crippen LogP contribution in [0.5, 0.6) is 5.75 Å². The maximum atomic E-state index is 12.1. The smallest absolute Gasteiger partial charge is 0.310 e. The van der Waals surface area contributed by atoms with Gasteiger partial charge < -0.3 is 18.5 Å². The van der Waals surface area contributed by atoms with Crippen molar-refractivity contribution < 1.29 is 23.3 Å². The molecule has 3 aromatic rings. The van der Waals surface area contributed by atoms with E-state index in [1.807, 2.05) is 25.1 Å². The van der Waals surface area contributed by atoms with E-state index in [1.165, 1.54) is 5.56 Å². The minimum absolute atomic E-state index is 0.0458. The molecule has 7 nitrogen and oxygen atoms in total. The highest BCUT2D eigenvalue weighted by atomic mass is 16.5. The Morgan fingerprint density at radius 3 is 2.85 bits per heavy atom. The van der Waals surface area contributed by atoms with Gasteiger partial charge in [-0.1, -0.05) is 22.4 Å². The van der Waals surface area contributed by atoms with E-state index in [0.717, 1.165) is 23.3 Å². The van der Waals surface area contributed by atoms with E-state index in [4.69, 9.17) is 18.5 Å². The highest BCUT2D eigenvalue weighted by Crippen LogP contribution is 2.33. The van der Waals surface area contributed by atoms with Crippen LogP contribution in [-0.2, 0) is 29.0 Å². The van der Waals surface area contributed by atoms with E-state index in [1.54, 1.807) is 19.9 Å². The van der Waals surface area contributed by atoms with Gasteiger partial charge >= 0.3 is 5.97 Å². The van der Waals surface area contributed by atoms with Crippen LogP contribution in [0.3, 0.4) is 0 Å². The van der Waals surface area contributed by atoms with E-state index in [0.29, 0.717) is 22.9 Å². The third-order valence-electron chi connectivity index (χ3n) is 4.63. The van der Waals surface area contributed by atoms with Gasteiger partial charge in [0.15, 0.2) is 5.76 Å². The third kappa shape index (κ3) is 3.58. The molecule has 4 rings (SSSR count). The first kappa shape index (κ1) is 17.3. The molecule has 0 amide bonds. The number of carbonyl (C=O) groups excluding carboxylic acids is 1. The van der Waals surface area contributed by atoms with E-state index in [-0.39, 0.29) is 25.1 Å². The van der Waals surface area contributed by atoms with Crippen molar-refractivity contribution in [3.05, 3.63) is 52.5 Å².